The second-order valence-corrected chi connectivity index (χ2v) is 16.6. The summed E-state index contributed by atoms with van der Waals surface area (Å²) in [4.78, 5) is 18.1. The summed E-state index contributed by atoms with van der Waals surface area (Å²) in [7, 11) is 0. The lowest BCUT2D eigenvalue weighted by Gasteiger charge is -2.26. The minimum atomic E-state index is 0.565. The summed E-state index contributed by atoms with van der Waals surface area (Å²) in [6.45, 7) is 0. The number of rotatable bonds is 6. The van der Waals surface area contributed by atoms with Crippen molar-refractivity contribution in [2.45, 2.75) is 0 Å². The minimum absolute atomic E-state index is 0.565. The number of nitrogens with zero attached hydrogens (tertiary/aromatic N) is 4. The van der Waals surface area contributed by atoms with E-state index in [0.717, 1.165) is 55.7 Å². The van der Waals surface area contributed by atoms with Crippen LogP contribution in [0.1, 0.15) is 0 Å². The summed E-state index contributed by atoms with van der Waals surface area (Å²) in [5.74, 6) is 1.79. The van der Waals surface area contributed by atoms with Crippen molar-refractivity contribution in [3.05, 3.63) is 182 Å². The van der Waals surface area contributed by atoms with Crippen molar-refractivity contribution < 1.29 is 4.42 Å². The highest BCUT2D eigenvalue weighted by Gasteiger charge is 2.23. The molecule has 0 radical (unpaired) electrons. The fourth-order valence-electron chi connectivity index (χ4n) is 8.21. The normalized spacial score (nSPS) is 11.8. The van der Waals surface area contributed by atoms with Gasteiger partial charge in [0, 0.05) is 73.8 Å². The standard InChI is InChI=1S/C51H30N4OS2/c1-3-13-34(14-4-1)55(35-15-5-2-6-16-35)41-29-33(30-43-48(41)38-19-7-10-20-42(38)56-43)51-53-49(31-23-25-46-39(27-31)36-17-8-11-21-44(36)57-46)52-50(54-51)32-24-26-47-40(28-32)37-18-9-12-22-45(37)58-47/h1-30H. The van der Waals surface area contributed by atoms with Crippen LogP contribution in [0, 0.1) is 0 Å². The molecule has 0 amide bonds. The van der Waals surface area contributed by atoms with Crippen LogP contribution >= 0.6 is 22.7 Å². The highest BCUT2D eigenvalue weighted by atomic mass is 32.1. The Morgan fingerprint density at radius 2 is 0.828 bits per heavy atom. The minimum Gasteiger partial charge on any atom is -0.456 e. The van der Waals surface area contributed by atoms with E-state index < -0.39 is 0 Å². The molecule has 0 atom stereocenters. The second kappa shape index (κ2) is 13.2. The summed E-state index contributed by atoms with van der Waals surface area (Å²) in [5.41, 5.74) is 7.30. The van der Waals surface area contributed by atoms with E-state index in [0.29, 0.717) is 17.5 Å². The van der Waals surface area contributed by atoms with E-state index in [1.807, 2.05) is 24.3 Å². The molecule has 12 rings (SSSR count). The number of benzene rings is 8. The van der Waals surface area contributed by atoms with Gasteiger partial charge in [-0.2, -0.15) is 0 Å². The first-order chi connectivity index (χ1) is 28.7. The molecule has 7 heteroatoms. The van der Waals surface area contributed by atoms with E-state index in [2.05, 4.69) is 163 Å². The number of anilines is 3. The van der Waals surface area contributed by atoms with E-state index in [-0.39, 0.29) is 0 Å². The van der Waals surface area contributed by atoms with Gasteiger partial charge in [0.25, 0.3) is 0 Å². The molecule has 0 aliphatic heterocycles. The molecule has 0 fully saturated rings. The van der Waals surface area contributed by atoms with Crippen LogP contribution in [0.25, 0.3) is 96.4 Å². The third-order valence-corrected chi connectivity index (χ3v) is 13.2. The van der Waals surface area contributed by atoms with Gasteiger partial charge in [0.1, 0.15) is 11.2 Å². The van der Waals surface area contributed by atoms with Crippen molar-refractivity contribution in [3.63, 3.8) is 0 Å². The lowest BCUT2D eigenvalue weighted by Crippen LogP contribution is -2.10. The molecule has 8 aromatic carbocycles. The van der Waals surface area contributed by atoms with Gasteiger partial charge in [0.15, 0.2) is 17.5 Å². The Labute approximate surface area is 340 Å². The molecule has 0 aliphatic rings. The lowest BCUT2D eigenvalue weighted by atomic mass is 10.0. The van der Waals surface area contributed by atoms with Gasteiger partial charge in [0.2, 0.25) is 0 Å². The summed E-state index contributed by atoms with van der Waals surface area (Å²) in [6.07, 6.45) is 0. The maximum Gasteiger partial charge on any atom is 0.164 e. The van der Waals surface area contributed by atoms with Gasteiger partial charge in [-0.15, -0.1) is 22.7 Å². The zero-order chi connectivity index (χ0) is 38.2. The number of para-hydroxylation sites is 3. The highest BCUT2D eigenvalue weighted by molar-refractivity contribution is 7.26. The lowest BCUT2D eigenvalue weighted by molar-refractivity contribution is 0.669. The predicted octanol–water partition coefficient (Wildman–Crippen LogP) is 15.0. The number of hydrogen-bond acceptors (Lipinski definition) is 7. The fourth-order valence-corrected chi connectivity index (χ4v) is 10.4. The summed E-state index contributed by atoms with van der Waals surface area (Å²) < 4.78 is 11.7. The zero-order valence-corrected chi connectivity index (χ0v) is 32.5. The molecule has 0 N–H and O–H groups in total. The quantitative estimate of drug-likeness (QED) is 0.168. The number of aromatic nitrogens is 3. The van der Waals surface area contributed by atoms with E-state index in [1.54, 1.807) is 22.7 Å². The fraction of sp³-hybridized carbons (Fsp3) is 0. The van der Waals surface area contributed by atoms with E-state index in [4.69, 9.17) is 19.4 Å². The van der Waals surface area contributed by atoms with Gasteiger partial charge < -0.3 is 9.32 Å². The maximum absolute atomic E-state index is 6.67. The molecule has 58 heavy (non-hydrogen) atoms. The molecule has 0 saturated heterocycles. The Balaban J connectivity index is 1.13. The molecule has 0 bridgehead atoms. The summed E-state index contributed by atoms with van der Waals surface area (Å²) in [5, 5.41) is 6.91. The average Bonchev–Trinajstić information content (AvgIpc) is 3.98. The molecule has 272 valence electrons. The molecule has 5 nitrogen and oxygen atoms in total. The molecule has 12 aromatic rings. The van der Waals surface area contributed by atoms with Crippen LogP contribution < -0.4 is 4.90 Å². The Morgan fingerprint density at radius 1 is 0.362 bits per heavy atom. The van der Waals surface area contributed by atoms with E-state index >= 15 is 0 Å². The molecule has 4 heterocycles. The Morgan fingerprint density at radius 3 is 1.40 bits per heavy atom. The predicted molar refractivity (Wildman–Crippen MR) is 244 cm³/mol. The number of fused-ring (bicyclic) bond motifs is 9. The summed E-state index contributed by atoms with van der Waals surface area (Å²) >= 11 is 3.61. The van der Waals surface area contributed by atoms with Crippen molar-refractivity contribution in [2.75, 3.05) is 4.90 Å². The van der Waals surface area contributed by atoms with Gasteiger partial charge in [0.05, 0.1) is 11.1 Å². The Hall–Kier alpha value is -7.19. The van der Waals surface area contributed by atoms with Crippen molar-refractivity contribution in [2.24, 2.45) is 0 Å². The third kappa shape index (κ3) is 5.39. The van der Waals surface area contributed by atoms with Crippen molar-refractivity contribution in [1.29, 1.82) is 0 Å². The van der Waals surface area contributed by atoms with Crippen LogP contribution in [0.2, 0.25) is 0 Å². The van der Waals surface area contributed by atoms with Crippen LogP contribution in [-0.2, 0) is 0 Å². The SMILES string of the molecule is c1ccc(N(c2ccccc2)c2cc(-c3nc(-c4ccc5sc6ccccc6c5c4)nc(-c4ccc5sc6ccccc6c5c4)n3)cc3oc4ccccc4c23)cc1. The Bertz CT molecular complexity index is 3360. The van der Waals surface area contributed by atoms with Crippen LogP contribution in [0.15, 0.2) is 186 Å². The number of furan rings is 1. The van der Waals surface area contributed by atoms with Crippen molar-refractivity contribution >= 4 is 102 Å². The van der Waals surface area contributed by atoms with Gasteiger partial charge in [-0.3, -0.25) is 0 Å². The van der Waals surface area contributed by atoms with E-state index in [1.165, 1.54) is 40.3 Å². The van der Waals surface area contributed by atoms with Crippen LogP contribution in [0.5, 0.6) is 0 Å². The monoisotopic (exact) mass is 778 g/mol. The molecule has 0 aliphatic carbocycles. The van der Waals surface area contributed by atoms with Crippen LogP contribution in [0.4, 0.5) is 17.1 Å². The first-order valence-corrected chi connectivity index (χ1v) is 20.8. The van der Waals surface area contributed by atoms with Crippen LogP contribution in [0.3, 0.4) is 0 Å². The first kappa shape index (κ1) is 33.0. The highest BCUT2D eigenvalue weighted by Crippen LogP contribution is 2.45. The topological polar surface area (TPSA) is 55.1 Å². The van der Waals surface area contributed by atoms with Gasteiger partial charge in [-0.1, -0.05) is 91.0 Å². The van der Waals surface area contributed by atoms with Gasteiger partial charge in [-0.25, -0.2) is 15.0 Å². The van der Waals surface area contributed by atoms with Crippen molar-refractivity contribution in [3.8, 4) is 34.2 Å². The number of hydrogen-bond donors (Lipinski definition) is 0. The van der Waals surface area contributed by atoms with Crippen molar-refractivity contribution in [1.82, 2.24) is 15.0 Å². The van der Waals surface area contributed by atoms with Gasteiger partial charge >= 0.3 is 0 Å². The second-order valence-electron chi connectivity index (χ2n) is 14.4. The van der Waals surface area contributed by atoms with Crippen LogP contribution in [-0.4, -0.2) is 15.0 Å². The summed E-state index contributed by atoms with van der Waals surface area (Å²) in [6, 6.07) is 63.8. The molecule has 0 saturated carbocycles. The Kier molecular flexibility index (Phi) is 7.51. The third-order valence-electron chi connectivity index (χ3n) is 10.9. The molecular weight excluding hydrogens is 749 g/mol. The molecule has 0 spiro atoms. The maximum atomic E-state index is 6.67. The number of thiophene rings is 2. The molecular formula is C51H30N4OS2. The first-order valence-electron chi connectivity index (χ1n) is 19.2. The zero-order valence-electron chi connectivity index (χ0n) is 30.8. The largest absolute Gasteiger partial charge is 0.456 e. The average molecular weight is 779 g/mol. The van der Waals surface area contributed by atoms with E-state index in [9.17, 15) is 0 Å². The molecule has 0 unspecified atom stereocenters. The smallest absolute Gasteiger partial charge is 0.164 e. The molecule has 4 aromatic heterocycles. The van der Waals surface area contributed by atoms with Gasteiger partial charge in [-0.05, 0) is 91.0 Å².